The zero-order chi connectivity index (χ0) is 11.7. The fourth-order valence-electron chi connectivity index (χ4n) is 1.85. The van der Waals surface area contributed by atoms with E-state index in [-0.39, 0.29) is 0 Å². The number of nitrogens with zero attached hydrogens (tertiary/aromatic N) is 1. The van der Waals surface area contributed by atoms with Gasteiger partial charge in [0, 0.05) is 25.7 Å². The van der Waals surface area contributed by atoms with Gasteiger partial charge in [0.05, 0.1) is 12.7 Å². The maximum absolute atomic E-state index is 5.63. The van der Waals surface area contributed by atoms with Crippen molar-refractivity contribution in [2.75, 3.05) is 26.2 Å². The standard InChI is InChI=1S/C12H28N2O/c1-5-12(6-2)14(8-7-13)9-10-15-11(3)4/h11-12H,5-10,13H2,1-4H3. The predicted molar refractivity (Wildman–Crippen MR) is 66.1 cm³/mol. The molecular weight excluding hydrogens is 188 g/mol. The summed E-state index contributed by atoms with van der Waals surface area (Å²) in [7, 11) is 0. The quantitative estimate of drug-likeness (QED) is 0.639. The molecule has 0 aromatic carbocycles. The van der Waals surface area contributed by atoms with Crippen LogP contribution in [0.5, 0.6) is 0 Å². The Bertz CT molecular complexity index is 136. The number of hydrogen-bond donors (Lipinski definition) is 1. The first-order valence-corrected chi connectivity index (χ1v) is 6.21. The van der Waals surface area contributed by atoms with Crippen LogP contribution >= 0.6 is 0 Å². The van der Waals surface area contributed by atoms with Gasteiger partial charge >= 0.3 is 0 Å². The Balaban J connectivity index is 3.91. The SMILES string of the molecule is CCC(CC)N(CCN)CCOC(C)C. The first-order valence-electron chi connectivity index (χ1n) is 6.21. The Morgan fingerprint density at radius 2 is 1.73 bits per heavy atom. The number of rotatable bonds is 9. The molecule has 92 valence electrons. The molecule has 0 unspecified atom stereocenters. The fraction of sp³-hybridized carbons (Fsp3) is 1.00. The molecular formula is C12H28N2O. The van der Waals surface area contributed by atoms with Crippen molar-refractivity contribution >= 4 is 0 Å². The smallest absolute Gasteiger partial charge is 0.0597 e. The maximum atomic E-state index is 5.63. The van der Waals surface area contributed by atoms with Crippen molar-refractivity contribution in [3.05, 3.63) is 0 Å². The maximum Gasteiger partial charge on any atom is 0.0597 e. The average molecular weight is 216 g/mol. The minimum absolute atomic E-state index is 0.325. The van der Waals surface area contributed by atoms with Gasteiger partial charge in [-0.2, -0.15) is 0 Å². The van der Waals surface area contributed by atoms with Crippen LogP contribution in [0.25, 0.3) is 0 Å². The summed E-state index contributed by atoms with van der Waals surface area (Å²) in [5.74, 6) is 0. The zero-order valence-corrected chi connectivity index (χ0v) is 10.8. The summed E-state index contributed by atoms with van der Waals surface area (Å²) in [4.78, 5) is 2.45. The molecule has 0 aliphatic heterocycles. The molecule has 0 spiro atoms. The normalized spacial score (nSPS) is 12.0. The highest BCUT2D eigenvalue weighted by molar-refractivity contribution is 4.69. The van der Waals surface area contributed by atoms with E-state index in [9.17, 15) is 0 Å². The average Bonchev–Trinajstić information content (AvgIpc) is 2.19. The molecule has 0 fully saturated rings. The molecule has 0 aromatic heterocycles. The van der Waals surface area contributed by atoms with Crippen molar-refractivity contribution in [2.45, 2.75) is 52.7 Å². The third-order valence-corrected chi connectivity index (χ3v) is 2.70. The van der Waals surface area contributed by atoms with Crippen molar-refractivity contribution in [1.29, 1.82) is 0 Å². The van der Waals surface area contributed by atoms with E-state index in [4.69, 9.17) is 10.5 Å². The van der Waals surface area contributed by atoms with Gasteiger partial charge in [-0.05, 0) is 26.7 Å². The first kappa shape index (κ1) is 14.9. The van der Waals surface area contributed by atoms with E-state index in [0.717, 1.165) is 26.2 Å². The van der Waals surface area contributed by atoms with E-state index < -0.39 is 0 Å². The molecule has 0 amide bonds. The Morgan fingerprint density at radius 3 is 2.13 bits per heavy atom. The number of hydrogen-bond acceptors (Lipinski definition) is 3. The van der Waals surface area contributed by atoms with Crippen molar-refractivity contribution in [3.63, 3.8) is 0 Å². The molecule has 0 aliphatic carbocycles. The Labute approximate surface area is 95.0 Å². The number of nitrogens with two attached hydrogens (primary N) is 1. The minimum Gasteiger partial charge on any atom is -0.377 e. The zero-order valence-electron chi connectivity index (χ0n) is 10.8. The van der Waals surface area contributed by atoms with Gasteiger partial charge < -0.3 is 10.5 Å². The predicted octanol–water partition coefficient (Wildman–Crippen LogP) is 1.86. The van der Waals surface area contributed by atoms with Crippen molar-refractivity contribution in [2.24, 2.45) is 5.73 Å². The van der Waals surface area contributed by atoms with Gasteiger partial charge in [-0.25, -0.2) is 0 Å². The first-order chi connectivity index (χ1) is 7.15. The molecule has 0 aromatic rings. The van der Waals surface area contributed by atoms with Crippen LogP contribution in [0.1, 0.15) is 40.5 Å². The molecule has 0 saturated carbocycles. The second-order valence-electron chi connectivity index (χ2n) is 4.21. The van der Waals surface area contributed by atoms with E-state index in [1.54, 1.807) is 0 Å². The summed E-state index contributed by atoms with van der Waals surface area (Å²) in [5.41, 5.74) is 5.63. The van der Waals surface area contributed by atoms with E-state index >= 15 is 0 Å². The summed E-state index contributed by atoms with van der Waals surface area (Å²) in [5, 5.41) is 0. The van der Waals surface area contributed by atoms with Crippen LogP contribution in [0, 0.1) is 0 Å². The van der Waals surface area contributed by atoms with Crippen LogP contribution in [-0.2, 0) is 4.74 Å². The third kappa shape index (κ3) is 6.88. The van der Waals surface area contributed by atoms with Crippen molar-refractivity contribution < 1.29 is 4.74 Å². The monoisotopic (exact) mass is 216 g/mol. The van der Waals surface area contributed by atoms with Gasteiger partial charge in [0.1, 0.15) is 0 Å². The second kappa shape index (κ2) is 9.13. The summed E-state index contributed by atoms with van der Waals surface area (Å²) < 4.78 is 5.58. The van der Waals surface area contributed by atoms with Crippen molar-refractivity contribution in [3.8, 4) is 0 Å². The highest BCUT2D eigenvalue weighted by Crippen LogP contribution is 2.07. The lowest BCUT2D eigenvalue weighted by atomic mass is 10.1. The van der Waals surface area contributed by atoms with Gasteiger partial charge in [0.25, 0.3) is 0 Å². The highest BCUT2D eigenvalue weighted by Gasteiger charge is 2.13. The second-order valence-corrected chi connectivity index (χ2v) is 4.21. The lowest BCUT2D eigenvalue weighted by Gasteiger charge is -2.30. The van der Waals surface area contributed by atoms with Crippen LogP contribution in [0.15, 0.2) is 0 Å². The van der Waals surface area contributed by atoms with Gasteiger partial charge in [0.2, 0.25) is 0 Å². The van der Waals surface area contributed by atoms with E-state index in [1.165, 1.54) is 12.8 Å². The lowest BCUT2D eigenvalue weighted by Crippen LogP contribution is -2.40. The number of ether oxygens (including phenoxy) is 1. The van der Waals surface area contributed by atoms with Crippen LogP contribution < -0.4 is 5.73 Å². The van der Waals surface area contributed by atoms with Gasteiger partial charge in [-0.15, -0.1) is 0 Å². The Kier molecular flexibility index (Phi) is 9.06. The van der Waals surface area contributed by atoms with Crippen LogP contribution in [-0.4, -0.2) is 43.3 Å². The fourth-order valence-corrected chi connectivity index (χ4v) is 1.85. The largest absolute Gasteiger partial charge is 0.377 e. The molecule has 15 heavy (non-hydrogen) atoms. The van der Waals surface area contributed by atoms with Crippen LogP contribution in [0.4, 0.5) is 0 Å². The third-order valence-electron chi connectivity index (χ3n) is 2.70. The summed E-state index contributed by atoms with van der Waals surface area (Å²) in [6.07, 6.45) is 2.71. The van der Waals surface area contributed by atoms with Gasteiger partial charge in [0.15, 0.2) is 0 Å². The lowest BCUT2D eigenvalue weighted by molar-refractivity contribution is 0.0483. The molecule has 0 rings (SSSR count). The highest BCUT2D eigenvalue weighted by atomic mass is 16.5. The van der Waals surface area contributed by atoms with E-state index in [0.29, 0.717) is 12.1 Å². The molecule has 0 saturated heterocycles. The Hall–Kier alpha value is -0.120. The summed E-state index contributed by atoms with van der Waals surface area (Å²) >= 11 is 0. The van der Waals surface area contributed by atoms with E-state index in [2.05, 4.69) is 32.6 Å². The Morgan fingerprint density at radius 1 is 1.13 bits per heavy atom. The summed E-state index contributed by atoms with van der Waals surface area (Å²) in [6, 6.07) is 0.657. The van der Waals surface area contributed by atoms with Gasteiger partial charge in [-0.1, -0.05) is 13.8 Å². The molecule has 0 bridgehead atoms. The van der Waals surface area contributed by atoms with Crippen LogP contribution in [0.3, 0.4) is 0 Å². The molecule has 3 heteroatoms. The summed E-state index contributed by atoms with van der Waals surface area (Å²) in [6.45, 7) is 12.2. The van der Waals surface area contributed by atoms with Gasteiger partial charge in [-0.3, -0.25) is 4.90 Å². The molecule has 2 N–H and O–H groups in total. The molecule has 0 radical (unpaired) electrons. The van der Waals surface area contributed by atoms with Crippen molar-refractivity contribution in [1.82, 2.24) is 4.90 Å². The van der Waals surface area contributed by atoms with Crippen LogP contribution in [0.2, 0.25) is 0 Å². The van der Waals surface area contributed by atoms with E-state index in [1.807, 2.05) is 0 Å². The minimum atomic E-state index is 0.325. The molecule has 0 aliphatic rings. The topological polar surface area (TPSA) is 38.5 Å². The molecule has 0 heterocycles. The molecule has 0 atom stereocenters. The molecule has 3 nitrogen and oxygen atoms in total.